The molecule has 0 aliphatic heterocycles. The average Bonchev–Trinajstić information content (AvgIpc) is 2.42. The summed E-state index contributed by atoms with van der Waals surface area (Å²) in [6, 6.07) is 2.86. The van der Waals surface area contributed by atoms with E-state index in [1.54, 1.807) is 6.07 Å². The molecule has 114 valence electrons. The summed E-state index contributed by atoms with van der Waals surface area (Å²) < 4.78 is 0. The number of carbonyl (C=O) groups is 3. The molecule has 21 heavy (non-hydrogen) atoms. The lowest BCUT2D eigenvalue weighted by atomic mass is 10.2. The number of carboxylic acid groups (broad SMARTS) is 1. The quantitative estimate of drug-likeness (QED) is 0.628. The number of hydrogen-bond acceptors (Lipinski definition) is 4. The molecule has 1 aromatic heterocycles. The van der Waals surface area contributed by atoms with Crippen LogP contribution in [0.2, 0.25) is 0 Å². The first-order chi connectivity index (χ1) is 9.99. The average molecular weight is 293 g/mol. The first kappa shape index (κ1) is 16.6. The number of nitrogens with one attached hydrogen (secondary N) is 2. The molecule has 7 heteroatoms. The van der Waals surface area contributed by atoms with Gasteiger partial charge in [0, 0.05) is 31.8 Å². The summed E-state index contributed by atoms with van der Waals surface area (Å²) in [6.45, 7) is 2.08. The molecule has 0 saturated carbocycles. The minimum atomic E-state index is -1.14. The summed E-state index contributed by atoms with van der Waals surface area (Å²) >= 11 is 0. The Morgan fingerprint density at radius 3 is 2.67 bits per heavy atom. The summed E-state index contributed by atoms with van der Waals surface area (Å²) in [5.41, 5.74) is 0.314. The predicted octanol–water partition coefficient (Wildman–Crippen LogP) is 1.41. The van der Waals surface area contributed by atoms with E-state index in [4.69, 9.17) is 5.11 Å². The lowest BCUT2D eigenvalue weighted by Crippen LogP contribution is -2.20. The molecule has 0 unspecified atom stereocenters. The lowest BCUT2D eigenvalue weighted by Gasteiger charge is -2.06. The van der Waals surface area contributed by atoms with Crippen LogP contribution in [0.4, 0.5) is 5.69 Å². The van der Waals surface area contributed by atoms with E-state index in [1.165, 1.54) is 19.2 Å². The molecule has 0 bridgehead atoms. The van der Waals surface area contributed by atoms with E-state index >= 15 is 0 Å². The highest BCUT2D eigenvalue weighted by Gasteiger charge is 2.07. The van der Waals surface area contributed by atoms with Crippen molar-refractivity contribution in [2.45, 2.75) is 32.6 Å². The first-order valence-electron chi connectivity index (χ1n) is 6.72. The van der Waals surface area contributed by atoms with Gasteiger partial charge in [-0.2, -0.15) is 0 Å². The van der Waals surface area contributed by atoms with Crippen molar-refractivity contribution in [2.24, 2.45) is 0 Å². The summed E-state index contributed by atoms with van der Waals surface area (Å²) in [7, 11) is 0. The smallest absolute Gasteiger partial charge is 0.354 e. The fourth-order valence-electron chi connectivity index (χ4n) is 1.70. The molecular formula is C14H19N3O4. The van der Waals surface area contributed by atoms with Crippen LogP contribution in [0.1, 0.15) is 43.1 Å². The summed E-state index contributed by atoms with van der Waals surface area (Å²) in [4.78, 5) is 36.8. The third-order valence-electron chi connectivity index (χ3n) is 2.72. The fourth-order valence-corrected chi connectivity index (χ4v) is 1.70. The van der Waals surface area contributed by atoms with Crippen LogP contribution in [0, 0.1) is 0 Å². The third-order valence-corrected chi connectivity index (χ3v) is 2.72. The largest absolute Gasteiger partial charge is 0.477 e. The van der Waals surface area contributed by atoms with E-state index in [0.717, 1.165) is 12.8 Å². The second-order valence-electron chi connectivity index (χ2n) is 4.58. The highest BCUT2D eigenvalue weighted by Crippen LogP contribution is 2.09. The number of anilines is 1. The maximum atomic E-state index is 11.7. The number of hydrogen-bond donors (Lipinski definition) is 3. The molecule has 0 saturated heterocycles. The second-order valence-corrected chi connectivity index (χ2v) is 4.58. The van der Waals surface area contributed by atoms with Crippen LogP contribution in [0.25, 0.3) is 0 Å². The molecule has 1 aromatic rings. The van der Waals surface area contributed by atoms with Crippen molar-refractivity contribution in [1.82, 2.24) is 10.3 Å². The highest BCUT2D eigenvalue weighted by atomic mass is 16.4. The highest BCUT2D eigenvalue weighted by molar-refractivity contribution is 5.92. The van der Waals surface area contributed by atoms with Crippen LogP contribution < -0.4 is 10.6 Å². The maximum Gasteiger partial charge on any atom is 0.354 e. The number of nitrogens with zero attached hydrogens (tertiary/aromatic N) is 1. The molecule has 7 nitrogen and oxygen atoms in total. The van der Waals surface area contributed by atoms with Crippen LogP contribution >= 0.6 is 0 Å². The van der Waals surface area contributed by atoms with Gasteiger partial charge in [-0.3, -0.25) is 9.59 Å². The molecule has 0 radical (unpaired) electrons. The Bertz CT molecular complexity index is 517. The molecule has 1 rings (SSSR count). The van der Waals surface area contributed by atoms with Gasteiger partial charge in [-0.05, 0) is 25.0 Å². The molecular weight excluding hydrogens is 274 g/mol. The van der Waals surface area contributed by atoms with Crippen molar-refractivity contribution in [3.63, 3.8) is 0 Å². The second kappa shape index (κ2) is 8.68. The zero-order chi connectivity index (χ0) is 15.7. The van der Waals surface area contributed by atoms with Crippen LogP contribution in [0.5, 0.6) is 0 Å². The standard InChI is InChI=1S/C14H19N3O4/c1-10(18)15-7-4-2-3-5-13(19)17-11-6-8-16-12(9-11)14(20)21/h6,8-9H,2-5,7H2,1H3,(H,15,18)(H,20,21)(H,16,17,19). The molecule has 0 aliphatic carbocycles. The zero-order valence-electron chi connectivity index (χ0n) is 11.9. The molecule has 3 N–H and O–H groups in total. The lowest BCUT2D eigenvalue weighted by molar-refractivity contribution is -0.119. The number of rotatable bonds is 8. The Labute approximate surface area is 122 Å². The minimum absolute atomic E-state index is 0.0559. The Balaban J connectivity index is 2.26. The summed E-state index contributed by atoms with van der Waals surface area (Å²) in [5.74, 6) is -1.36. The van der Waals surface area contributed by atoms with Crippen molar-refractivity contribution >= 4 is 23.5 Å². The summed E-state index contributed by atoms with van der Waals surface area (Å²) in [6.07, 6.45) is 4.06. The maximum absolute atomic E-state index is 11.7. The fraction of sp³-hybridized carbons (Fsp3) is 0.429. The van der Waals surface area contributed by atoms with Gasteiger partial charge in [-0.1, -0.05) is 6.42 Å². The van der Waals surface area contributed by atoms with Gasteiger partial charge in [0.2, 0.25) is 11.8 Å². The Morgan fingerprint density at radius 2 is 2.00 bits per heavy atom. The number of aromatic nitrogens is 1. The molecule has 0 aromatic carbocycles. The molecule has 0 spiro atoms. The van der Waals surface area contributed by atoms with Crippen LogP contribution in [0.3, 0.4) is 0 Å². The number of unbranched alkanes of at least 4 members (excludes halogenated alkanes) is 2. The normalized spacial score (nSPS) is 9.95. The Kier molecular flexibility index (Phi) is 6.86. The van der Waals surface area contributed by atoms with Gasteiger partial charge in [0.1, 0.15) is 5.69 Å². The van der Waals surface area contributed by atoms with Crippen molar-refractivity contribution < 1.29 is 19.5 Å². The summed E-state index contributed by atoms with van der Waals surface area (Å²) in [5, 5.41) is 14.1. The van der Waals surface area contributed by atoms with Gasteiger partial charge in [-0.25, -0.2) is 9.78 Å². The van der Waals surface area contributed by atoms with E-state index in [0.29, 0.717) is 25.1 Å². The Hall–Kier alpha value is -2.44. The van der Waals surface area contributed by atoms with Crippen molar-refractivity contribution in [2.75, 3.05) is 11.9 Å². The van der Waals surface area contributed by atoms with Crippen LogP contribution in [0.15, 0.2) is 18.3 Å². The van der Waals surface area contributed by atoms with Gasteiger partial charge >= 0.3 is 5.97 Å². The van der Waals surface area contributed by atoms with Gasteiger partial charge in [-0.15, -0.1) is 0 Å². The number of pyridine rings is 1. The number of carboxylic acids is 1. The third kappa shape index (κ3) is 7.05. The van der Waals surface area contributed by atoms with Gasteiger partial charge in [0.15, 0.2) is 0 Å². The van der Waals surface area contributed by atoms with E-state index in [2.05, 4.69) is 15.6 Å². The molecule has 0 fully saturated rings. The van der Waals surface area contributed by atoms with Gasteiger partial charge < -0.3 is 15.7 Å². The van der Waals surface area contributed by atoms with Gasteiger partial charge in [0.25, 0.3) is 0 Å². The monoisotopic (exact) mass is 293 g/mol. The van der Waals surface area contributed by atoms with Crippen molar-refractivity contribution in [1.29, 1.82) is 0 Å². The van der Waals surface area contributed by atoms with E-state index < -0.39 is 5.97 Å². The van der Waals surface area contributed by atoms with E-state index in [9.17, 15) is 14.4 Å². The Morgan fingerprint density at radius 1 is 1.24 bits per heavy atom. The first-order valence-corrected chi connectivity index (χ1v) is 6.72. The van der Waals surface area contributed by atoms with Crippen molar-refractivity contribution in [3.8, 4) is 0 Å². The zero-order valence-corrected chi connectivity index (χ0v) is 11.9. The topological polar surface area (TPSA) is 108 Å². The molecule has 2 amide bonds. The predicted molar refractivity (Wildman–Crippen MR) is 77.0 cm³/mol. The molecule has 0 aliphatic rings. The van der Waals surface area contributed by atoms with E-state index in [-0.39, 0.29) is 17.5 Å². The van der Waals surface area contributed by atoms with Crippen LogP contribution in [-0.4, -0.2) is 34.4 Å². The molecule has 0 atom stereocenters. The van der Waals surface area contributed by atoms with Gasteiger partial charge in [0.05, 0.1) is 0 Å². The SMILES string of the molecule is CC(=O)NCCCCCC(=O)Nc1ccnc(C(=O)O)c1. The minimum Gasteiger partial charge on any atom is -0.477 e. The number of aromatic carboxylic acids is 1. The molecule has 1 heterocycles. The number of carbonyl (C=O) groups excluding carboxylic acids is 2. The number of amides is 2. The van der Waals surface area contributed by atoms with Crippen molar-refractivity contribution in [3.05, 3.63) is 24.0 Å². The van der Waals surface area contributed by atoms with Crippen LogP contribution in [-0.2, 0) is 9.59 Å². The van der Waals surface area contributed by atoms with E-state index in [1.807, 2.05) is 0 Å².